The number of methoxy groups -OCH3 is 1. The van der Waals surface area contributed by atoms with Crippen molar-refractivity contribution in [2.75, 3.05) is 7.11 Å². The molecule has 0 aliphatic carbocycles. The summed E-state index contributed by atoms with van der Waals surface area (Å²) < 4.78 is 10.7. The molecule has 0 bridgehead atoms. The molecule has 1 aromatic heterocycles. The highest BCUT2D eigenvalue weighted by Gasteiger charge is 2.19. The molecule has 0 aliphatic heterocycles. The van der Waals surface area contributed by atoms with Crippen LogP contribution >= 0.6 is 15.9 Å². The molecule has 0 radical (unpaired) electrons. The SMILES string of the molecule is COC(=O)c1ccc([N+](=O)[O-])c(Oc2cncc(Br)c2)c1. The van der Waals surface area contributed by atoms with Gasteiger partial charge in [-0.25, -0.2) is 4.79 Å². The number of esters is 1. The number of nitrogens with zero attached hydrogens (tertiary/aromatic N) is 2. The van der Waals surface area contributed by atoms with Gasteiger partial charge in [0.05, 0.1) is 23.8 Å². The van der Waals surface area contributed by atoms with Gasteiger partial charge in [-0.15, -0.1) is 0 Å². The second kappa shape index (κ2) is 6.31. The lowest BCUT2D eigenvalue weighted by molar-refractivity contribution is -0.385. The highest BCUT2D eigenvalue weighted by Crippen LogP contribution is 2.32. The number of hydrogen-bond donors (Lipinski definition) is 0. The quantitative estimate of drug-likeness (QED) is 0.476. The zero-order valence-corrected chi connectivity index (χ0v) is 12.4. The third-order valence-electron chi connectivity index (χ3n) is 2.49. The number of hydrogen-bond acceptors (Lipinski definition) is 6. The number of benzene rings is 1. The van der Waals surface area contributed by atoms with Gasteiger partial charge in [0, 0.05) is 22.8 Å². The standard InChI is InChI=1S/C13H9BrN2O5/c1-20-13(17)8-2-3-11(16(18)19)12(4-8)21-10-5-9(14)6-15-7-10/h2-7H,1H3. The Kier molecular flexibility index (Phi) is 4.49. The lowest BCUT2D eigenvalue weighted by Gasteiger charge is -2.07. The molecular formula is C13H9BrN2O5. The van der Waals surface area contributed by atoms with Crippen LogP contribution in [0.3, 0.4) is 0 Å². The number of carbonyl (C=O) groups is 1. The van der Waals surface area contributed by atoms with Crippen LogP contribution in [0.15, 0.2) is 41.1 Å². The average Bonchev–Trinajstić information content (AvgIpc) is 2.46. The number of nitro groups is 1. The molecule has 0 atom stereocenters. The van der Waals surface area contributed by atoms with Crippen molar-refractivity contribution in [2.24, 2.45) is 0 Å². The Labute approximate surface area is 127 Å². The normalized spacial score (nSPS) is 10.0. The Balaban J connectivity index is 2.43. The predicted octanol–water partition coefficient (Wildman–Crippen LogP) is 3.33. The van der Waals surface area contributed by atoms with Gasteiger partial charge in [0.2, 0.25) is 5.75 Å². The molecule has 108 valence electrons. The van der Waals surface area contributed by atoms with Crippen LogP contribution in [0.1, 0.15) is 10.4 Å². The lowest BCUT2D eigenvalue weighted by Crippen LogP contribution is -2.02. The third-order valence-corrected chi connectivity index (χ3v) is 2.92. The van der Waals surface area contributed by atoms with Gasteiger partial charge in [0.15, 0.2) is 0 Å². The number of pyridine rings is 1. The van der Waals surface area contributed by atoms with Crippen molar-refractivity contribution >= 4 is 27.6 Å². The summed E-state index contributed by atoms with van der Waals surface area (Å²) in [5, 5.41) is 11.0. The highest BCUT2D eigenvalue weighted by molar-refractivity contribution is 9.10. The summed E-state index contributed by atoms with van der Waals surface area (Å²) in [4.78, 5) is 25.8. The minimum atomic E-state index is -0.609. The summed E-state index contributed by atoms with van der Waals surface area (Å²) in [6.45, 7) is 0. The van der Waals surface area contributed by atoms with E-state index in [2.05, 4.69) is 25.7 Å². The molecule has 7 nitrogen and oxygen atoms in total. The van der Waals surface area contributed by atoms with Crippen LogP contribution in [-0.2, 0) is 4.74 Å². The van der Waals surface area contributed by atoms with E-state index < -0.39 is 10.9 Å². The second-order valence-corrected chi connectivity index (χ2v) is 4.79. The van der Waals surface area contributed by atoms with E-state index in [-0.39, 0.29) is 17.0 Å². The molecule has 0 aliphatic rings. The Morgan fingerprint density at radius 3 is 2.71 bits per heavy atom. The van der Waals surface area contributed by atoms with E-state index in [0.717, 1.165) is 0 Å². The van der Waals surface area contributed by atoms with Crippen molar-refractivity contribution in [3.05, 3.63) is 56.8 Å². The smallest absolute Gasteiger partial charge is 0.337 e. The minimum absolute atomic E-state index is 0.0669. The summed E-state index contributed by atoms with van der Waals surface area (Å²) in [5.74, 6) is -0.376. The second-order valence-electron chi connectivity index (χ2n) is 3.87. The van der Waals surface area contributed by atoms with Crippen molar-refractivity contribution in [1.82, 2.24) is 4.98 Å². The maximum Gasteiger partial charge on any atom is 0.337 e. The first-order valence-electron chi connectivity index (χ1n) is 5.66. The Bertz CT molecular complexity index is 705. The summed E-state index contributed by atoms with van der Waals surface area (Å²) in [6.07, 6.45) is 2.95. The largest absolute Gasteiger partial charge is 0.465 e. The van der Waals surface area contributed by atoms with Gasteiger partial charge in [0.1, 0.15) is 5.75 Å². The van der Waals surface area contributed by atoms with Crippen LogP contribution in [0, 0.1) is 10.1 Å². The Morgan fingerprint density at radius 1 is 1.33 bits per heavy atom. The first kappa shape index (κ1) is 14.9. The van der Waals surface area contributed by atoms with E-state index in [9.17, 15) is 14.9 Å². The zero-order valence-electron chi connectivity index (χ0n) is 10.8. The molecule has 2 aromatic rings. The molecule has 8 heteroatoms. The minimum Gasteiger partial charge on any atom is -0.465 e. The van der Waals surface area contributed by atoms with Crippen molar-refractivity contribution in [3.63, 3.8) is 0 Å². The molecule has 0 amide bonds. The molecule has 0 saturated carbocycles. The van der Waals surface area contributed by atoms with E-state index in [1.54, 1.807) is 12.3 Å². The summed E-state index contributed by atoms with van der Waals surface area (Å²) in [6, 6.07) is 5.34. The van der Waals surface area contributed by atoms with Gasteiger partial charge in [-0.1, -0.05) is 0 Å². The van der Waals surface area contributed by atoms with Crippen LogP contribution < -0.4 is 4.74 Å². The van der Waals surface area contributed by atoms with Crippen LogP contribution in [0.5, 0.6) is 11.5 Å². The fraction of sp³-hybridized carbons (Fsp3) is 0.0769. The fourth-order valence-electron chi connectivity index (χ4n) is 1.57. The van der Waals surface area contributed by atoms with E-state index in [4.69, 9.17) is 4.74 Å². The predicted molar refractivity (Wildman–Crippen MR) is 76.4 cm³/mol. The van der Waals surface area contributed by atoms with Crippen molar-refractivity contribution < 1.29 is 19.2 Å². The molecular weight excluding hydrogens is 344 g/mol. The van der Waals surface area contributed by atoms with E-state index in [1.807, 2.05) is 0 Å². The number of nitro benzene ring substituents is 1. The summed E-state index contributed by atoms with van der Waals surface area (Å²) >= 11 is 3.22. The number of carbonyl (C=O) groups excluding carboxylic acids is 1. The Hall–Kier alpha value is -2.48. The van der Waals surface area contributed by atoms with Gasteiger partial charge in [-0.05, 0) is 28.1 Å². The van der Waals surface area contributed by atoms with Crippen LogP contribution in [0.25, 0.3) is 0 Å². The lowest BCUT2D eigenvalue weighted by atomic mass is 10.2. The number of halogens is 1. The zero-order chi connectivity index (χ0) is 15.4. The van der Waals surface area contributed by atoms with Crippen LogP contribution in [0.2, 0.25) is 0 Å². The van der Waals surface area contributed by atoms with Gasteiger partial charge in [0.25, 0.3) is 0 Å². The maximum absolute atomic E-state index is 11.5. The molecule has 1 aromatic carbocycles. The number of ether oxygens (including phenoxy) is 2. The van der Waals surface area contributed by atoms with Crippen LogP contribution in [-0.4, -0.2) is 23.0 Å². The van der Waals surface area contributed by atoms with E-state index in [0.29, 0.717) is 10.2 Å². The van der Waals surface area contributed by atoms with E-state index in [1.165, 1.54) is 31.5 Å². The molecule has 0 saturated heterocycles. The average molecular weight is 353 g/mol. The van der Waals surface area contributed by atoms with Crippen molar-refractivity contribution in [1.29, 1.82) is 0 Å². The molecule has 2 rings (SSSR count). The number of rotatable bonds is 4. The summed E-state index contributed by atoms with van der Waals surface area (Å²) in [5.41, 5.74) is -0.108. The first-order chi connectivity index (χ1) is 10.0. The topological polar surface area (TPSA) is 91.6 Å². The van der Waals surface area contributed by atoms with Gasteiger partial charge < -0.3 is 9.47 Å². The van der Waals surface area contributed by atoms with Crippen molar-refractivity contribution in [2.45, 2.75) is 0 Å². The third kappa shape index (κ3) is 3.54. The fourth-order valence-corrected chi connectivity index (χ4v) is 1.91. The molecule has 0 spiro atoms. The number of aromatic nitrogens is 1. The molecule has 0 fully saturated rings. The summed E-state index contributed by atoms with van der Waals surface area (Å²) in [7, 11) is 1.22. The molecule has 21 heavy (non-hydrogen) atoms. The van der Waals surface area contributed by atoms with Gasteiger partial charge in [-0.2, -0.15) is 0 Å². The monoisotopic (exact) mass is 352 g/mol. The maximum atomic E-state index is 11.5. The first-order valence-corrected chi connectivity index (χ1v) is 6.45. The molecule has 1 heterocycles. The van der Waals surface area contributed by atoms with Crippen molar-refractivity contribution in [3.8, 4) is 11.5 Å². The van der Waals surface area contributed by atoms with Gasteiger partial charge >= 0.3 is 11.7 Å². The van der Waals surface area contributed by atoms with E-state index >= 15 is 0 Å². The Morgan fingerprint density at radius 2 is 2.10 bits per heavy atom. The van der Waals surface area contributed by atoms with Gasteiger partial charge in [-0.3, -0.25) is 15.1 Å². The molecule has 0 N–H and O–H groups in total. The van der Waals surface area contributed by atoms with Crippen LogP contribution in [0.4, 0.5) is 5.69 Å². The molecule has 0 unspecified atom stereocenters. The highest BCUT2D eigenvalue weighted by atomic mass is 79.9.